The van der Waals surface area contributed by atoms with Crippen molar-refractivity contribution in [2.24, 2.45) is 5.92 Å². The molecule has 1 fully saturated rings. The van der Waals surface area contributed by atoms with Crippen LogP contribution in [0.2, 0.25) is 0 Å². The Balaban J connectivity index is 1.96. The molecule has 1 saturated heterocycles. The smallest absolute Gasteiger partial charge is 0.244 e. The molecule has 1 N–H and O–H groups in total. The molecule has 0 unspecified atom stereocenters. The van der Waals surface area contributed by atoms with Crippen LogP contribution in [0, 0.1) is 23.1 Å². The maximum Gasteiger partial charge on any atom is 0.244 e. The first kappa shape index (κ1) is 17.0. The molecule has 1 aliphatic heterocycles. The Morgan fingerprint density at radius 2 is 2.17 bits per heavy atom. The molecule has 8 heteroatoms. The fourth-order valence-electron chi connectivity index (χ4n) is 3.03. The van der Waals surface area contributed by atoms with E-state index in [-0.39, 0.29) is 42.0 Å². The van der Waals surface area contributed by atoms with Crippen LogP contribution in [0.3, 0.4) is 0 Å². The number of thiophene rings is 1. The summed E-state index contributed by atoms with van der Waals surface area (Å²) in [6, 6.07) is 6.73. The van der Waals surface area contributed by atoms with Crippen molar-refractivity contribution in [3.63, 3.8) is 0 Å². The summed E-state index contributed by atoms with van der Waals surface area (Å²) in [7, 11) is -3.93. The minimum atomic E-state index is -3.93. The van der Waals surface area contributed by atoms with Crippen LogP contribution in [0.5, 0.6) is 0 Å². The van der Waals surface area contributed by atoms with Crippen LogP contribution in [0.4, 0.5) is 4.39 Å². The molecule has 2 heterocycles. The molecule has 1 aromatic heterocycles. The van der Waals surface area contributed by atoms with Crippen LogP contribution in [0.1, 0.15) is 17.0 Å². The zero-order valence-electron chi connectivity index (χ0n) is 12.6. The van der Waals surface area contributed by atoms with Gasteiger partial charge < -0.3 is 5.11 Å². The third-order valence-corrected chi connectivity index (χ3v) is 6.88. The molecule has 1 aliphatic rings. The topological polar surface area (TPSA) is 81.4 Å². The minimum Gasteiger partial charge on any atom is -0.396 e. The Hall–Kier alpha value is -1.79. The van der Waals surface area contributed by atoms with Gasteiger partial charge in [0.2, 0.25) is 10.0 Å². The summed E-state index contributed by atoms with van der Waals surface area (Å²) >= 11 is 1.52. The molecule has 3 rings (SSSR count). The highest BCUT2D eigenvalue weighted by Gasteiger charge is 2.40. The number of nitriles is 1. The van der Waals surface area contributed by atoms with E-state index in [4.69, 9.17) is 5.26 Å². The molecule has 2 aromatic rings. The minimum absolute atomic E-state index is 0.0954. The molecule has 0 amide bonds. The van der Waals surface area contributed by atoms with Crippen LogP contribution in [0.25, 0.3) is 0 Å². The monoisotopic (exact) mass is 366 g/mol. The zero-order valence-corrected chi connectivity index (χ0v) is 14.2. The highest BCUT2D eigenvalue weighted by atomic mass is 32.2. The van der Waals surface area contributed by atoms with E-state index >= 15 is 0 Å². The number of hydrogen-bond donors (Lipinski definition) is 1. The van der Waals surface area contributed by atoms with Gasteiger partial charge in [-0.1, -0.05) is 0 Å². The predicted molar refractivity (Wildman–Crippen MR) is 87.5 cm³/mol. The van der Waals surface area contributed by atoms with E-state index < -0.39 is 15.8 Å². The molecule has 0 aliphatic carbocycles. The Kier molecular flexibility index (Phi) is 4.69. The Morgan fingerprint density at radius 1 is 1.38 bits per heavy atom. The Labute approximate surface area is 143 Å². The fraction of sp³-hybridized carbons (Fsp3) is 0.312. The maximum atomic E-state index is 13.3. The first-order chi connectivity index (χ1) is 11.5. The molecule has 24 heavy (non-hydrogen) atoms. The molecule has 0 bridgehead atoms. The molecule has 1 aromatic carbocycles. The van der Waals surface area contributed by atoms with Gasteiger partial charge in [-0.15, -0.1) is 0 Å². The molecule has 2 atom stereocenters. The summed E-state index contributed by atoms with van der Waals surface area (Å²) in [5.41, 5.74) is 0.783. The molecular formula is C16H15FN2O3S2. The van der Waals surface area contributed by atoms with Crippen molar-refractivity contribution >= 4 is 21.4 Å². The van der Waals surface area contributed by atoms with Crippen molar-refractivity contribution in [1.29, 1.82) is 5.26 Å². The lowest BCUT2D eigenvalue weighted by atomic mass is 9.92. The second kappa shape index (κ2) is 6.61. The predicted octanol–water partition coefficient (Wildman–Crippen LogP) is 2.16. The SMILES string of the molecule is N#Cc1cc(F)ccc1S(=O)(=O)N1C[C@H](CO)[C@H](c2ccsc2)C1. The number of hydrogen-bond acceptors (Lipinski definition) is 5. The number of rotatable bonds is 4. The molecule has 0 saturated carbocycles. The lowest BCUT2D eigenvalue weighted by Crippen LogP contribution is -2.30. The van der Waals surface area contributed by atoms with Gasteiger partial charge in [0, 0.05) is 31.5 Å². The van der Waals surface area contributed by atoms with E-state index in [9.17, 15) is 17.9 Å². The number of halogens is 1. The summed E-state index contributed by atoms with van der Waals surface area (Å²) in [6.45, 7) is 0.273. The van der Waals surface area contributed by atoms with Crippen LogP contribution < -0.4 is 0 Å². The van der Waals surface area contributed by atoms with Crippen molar-refractivity contribution in [1.82, 2.24) is 4.31 Å². The fourth-order valence-corrected chi connectivity index (χ4v) is 5.40. The zero-order chi connectivity index (χ0) is 17.3. The van der Waals surface area contributed by atoms with Gasteiger partial charge in [0.05, 0.1) is 5.56 Å². The summed E-state index contributed by atoms with van der Waals surface area (Å²) in [5, 5.41) is 22.6. The van der Waals surface area contributed by atoms with Gasteiger partial charge in [-0.2, -0.15) is 20.9 Å². The lowest BCUT2D eigenvalue weighted by Gasteiger charge is -2.17. The van der Waals surface area contributed by atoms with Crippen molar-refractivity contribution in [2.75, 3.05) is 19.7 Å². The van der Waals surface area contributed by atoms with Crippen LogP contribution in [0.15, 0.2) is 39.9 Å². The van der Waals surface area contributed by atoms with E-state index in [0.29, 0.717) is 0 Å². The van der Waals surface area contributed by atoms with Crippen molar-refractivity contribution in [3.8, 4) is 6.07 Å². The number of aliphatic hydroxyl groups is 1. The summed E-state index contributed by atoms with van der Waals surface area (Å²) in [6.07, 6.45) is 0. The highest BCUT2D eigenvalue weighted by Crippen LogP contribution is 2.36. The first-order valence-electron chi connectivity index (χ1n) is 7.30. The van der Waals surface area contributed by atoms with Gasteiger partial charge in [-0.05, 0) is 40.6 Å². The van der Waals surface area contributed by atoms with E-state index in [2.05, 4.69) is 0 Å². The number of nitrogens with zero attached hydrogens (tertiary/aromatic N) is 2. The van der Waals surface area contributed by atoms with Crippen molar-refractivity contribution < 1.29 is 17.9 Å². The molecule has 5 nitrogen and oxygen atoms in total. The van der Waals surface area contributed by atoms with E-state index in [1.54, 1.807) is 6.07 Å². The van der Waals surface area contributed by atoms with E-state index in [1.165, 1.54) is 15.6 Å². The summed E-state index contributed by atoms with van der Waals surface area (Å²) in [5.74, 6) is -0.960. The summed E-state index contributed by atoms with van der Waals surface area (Å²) in [4.78, 5) is -0.200. The number of sulfonamides is 1. The molecular weight excluding hydrogens is 351 g/mol. The third-order valence-electron chi connectivity index (χ3n) is 4.29. The van der Waals surface area contributed by atoms with E-state index in [0.717, 1.165) is 23.8 Å². The molecule has 126 valence electrons. The average Bonchev–Trinajstić information content (AvgIpc) is 3.23. The highest BCUT2D eigenvalue weighted by molar-refractivity contribution is 7.89. The van der Waals surface area contributed by atoms with Crippen LogP contribution >= 0.6 is 11.3 Å². The normalized spacial score (nSPS) is 21.7. The van der Waals surface area contributed by atoms with Gasteiger partial charge in [-0.25, -0.2) is 12.8 Å². The standard InChI is InChI=1S/C16H15FN2O3S2/c17-14-1-2-16(12(5-14)6-18)24(21,22)19-7-13(9-20)15(8-19)11-3-4-23-10-11/h1-5,10,13,15,20H,7-9H2/t13-,15+/m1/s1. The third kappa shape index (κ3) is 2.96. The second-order valence-corrected chi connectivity index (χ2v) is 8.37. The first-order valence-corrected chi connectivity index (χ1v) is 9.68. The lowest BCUT2D eigenvalue weighted by molar-refractivity contribution is 0.223. The van der Waals surface area contributed by atoms with Crippen molar-refractivity contribution in [3.05, 3.63) is 52.0 Å². The van der Waals surface area contributed by atoms with Crippen LogP contribution in [-0.2, 0) is 10.0 Å². The maximum absolute atomic E-state index is 13.3. The average molecular weight is 366 g/mol. The largest absolute Gasteiger partial charge is 0.396 e. The Morgan fingerprint density at radius 3 is 2.79 bits per heavy atom. The molecule has 0 radical (unpaired) electrons. The van der Waals surface area contributed by atoms with Crippen LogP contribution in [-0.4, -0.2) is 37.5 Å². The van der Waals surface area contributed by atoms with Crippen molar-refractivity contribution in [2.45, 2.75) is 10.8 Å². The van der Waals surface area contributed by atoms with Gasteiger partial charge in [0.1, 0.15) is 16.8 Å². The number of benzene rings is 1. The Bertz CT molecular complexity index is 875. The number of aliphatic hydroxyl groups excluding tert-OH is 1. The van der Waals surface area contributed by atoms with Gasteiger partial charge in [0.15, 0.2) is 0 Å². The second-order valence-electron chi connectivity index (χ2n) is 5.68. The quantitative estimate of drug-likeness (QED) is 0.899. The molecule has 0 spiro atoms. The van der Waals surface area contributed by atoms with E-state index in [1.807, 2.05) is 16.8 Å². The van der Waals surface area contributed by atoms with Gasteiger partial charge >= 0.3 is 0 Å². The van der Waals surface area contributed by atoms with Gasteiger partial charge in [-0.3, -0.25) is 0 Å². The van der Waals surface area contributed by atoms with Gasteiger partial charge in [0.25, 0.3) is 0 Å². The summed E-state index contributed by atoms with van der Waals surface area (Å²) < 4.78 is 40.3.